The molecule has 2 N–H and O–H groups in total. The zero-order chi connectivity index (χ0) is 22.1. The minimum atomic E-state index is -1.12. The van der Waals surface area contributed by atoms with E-state index in [1.807, 2.05) is 24.3 Å². The molecule has 2 heterocycles. The van der Waals surface area contributed by atoms with Crippen LogP contribution in [0.4, 0.5) is 0 Å². The number of amides is 2. The molecule has 0 spiro atoms. The molecule has 162 valence electrons. The van der Waals surface area contributed by atoms with E-state index in [9.17, 15) is 14.4 Å². The molecule has 2 aliphatic rings. The first-order valence-electron chi connectivity index (χ1n) is 10.1. The fourth-order valence-electron chi connectivity index (χ4n) is 4.45. The third-order valence-corrected chi connectivity index (χ3v) is 5.91. The summed E-state index contributed by atoms with van der Waals surface area (Å²) in [7, 11) is 3.20. The number of carbonyl (C=O) groups excluding carboxylic acids is 2. The summed E-state index contributed by atoms with van der Waals surface area (Å²) in [6.45, 7) is -0.467. The summed E-state index contributed by atoms with van der Waals surface area (Å²) in [5.74, 6) is -0.276. The molecule has 0 aromatic heterocycles. The van der Waals surface area contributed by atoms with Crippen molar-refractivity contribution in [2.75, 3.05) is 20.8 Å². The first-order chi connectivity index (χ1) is 14.9. The molecule has 0 saturated carbocycles. The van der Waals surface area contributed by atoms with Gasteiger partial charge in [0.15, 0.2) is 0 Å². The summed E-state index contributed by atoms with van der Waals surface area (Å²) in [6.07, 6.45) is 1.34. The van der Waals surface area contributed by atoms with Gasteiger partial charge in [0, 0.05) is 18.9 Å². The van der Waals surface area contributed by atoms with Gasteiger partial charge in [0.05, 0.1) is 20.3 Å². The Morgan fingerprint density at radius 3 is 2.45 bits per heavy atom. The topological polar surface area (TPSA) is 105 Å². The molecular formula is C23H24N2O6. The van der Waals surface area contributed by atoms with Crippen LogP contribution in [-0.2, 0) is 20.8 Å². The maximum absolute atomic E-state index is 12.6. The molecule has 1 fully saturated rings. The lowest BCUT2D eigenvalue weighted by atomic mass is 9.86. The number of carbonyl (C=O) groups is 3. The standard InChI is InChI=1S/C23H24N2O6/c1-30-16-7-15(8-17(11-16)31-2)13-3-4-14-10-20(23(29)24-12-22(27)28)25-19(18(14)9-13)5-6-21(25)26/h3-4,7-9,11,19-20H,5-6,10,12H2,1-2H3,(H,24,29)(H,27,28)/t19-,20+/m1/s1. The average molecular weight is 424 g/mol. The van der Waals surface area contributed by atoms with Gasteiger partial charge in [-0.25, -0.2) is 0 Å². The van der Waals surface area contributed by atoms with Crippen LogP contribution in [0.3, 0.4) is 0 Å². The van der Waals surface area contributed by atoms with Crippen molar-refractivity contribution in [3.05, 3.63) is 47.5 Å². The predicted octanol–water partition coefficient (Wildman–Crippen LogP) is 2.16. The van der Waals surface area contributed by atoms with E-state index in [-0.39, 0.29) is 11.9 Å². The highest BCUT2D eigenvalue weighted by Gasteiger charge is 2.44. The Morgan fingerprint density at radius 1 is 1.10 bits per heavy atom. The van der Waals surface area contributed by atoms with Gasteiger partial charge in [-0.05, 0) is 46.9 Å². The highest BCUT2D eigenvalue weighted by Crippen LogP contribution is 2.43. The molecule has 31 heavy (non-hydrogen) atoms. The largest absolute Gasteiger partial charge is 0.497 e. The van der Waals surface area contributed by atoms with Gasteiger partial charge in [-0.2, -0.15) is 0 Å². The minimum absolute atomic E-state index is 0.0837. The van der Waals surface area contributed by atoms with Crippen LogP contribution in [0, 0.1) is 0 Å². The van der Waals surface area contributed by atoms with Crippen LogP contribution in [-0.4, -0.2) is 54.6 Å². The Hall–Kier alpha value is -3.55. The van der Waals surface area contributed by atoms with E-state index < -0.39 is 24.5 Å². The lowest BCUT2D eigenvalue weighted by Gasteiger charge is -2.38. The molecule has 2 aliphatic heterocycles. The maximum Gasteiger partial charge on any atom is 0.322 e. The molecule has 0 aliphatic carbocycles. The Kier molecular flexibility index (Phi) is 5.54. The monoisotopic (exact) mass is 424 g/mol. The molecule has 2 amide bonds. The van der Waals surface area contributed by atoms with Gasteiger partial charge in [-0.1, -0.05) is 12.1 Å². The fourth-order valence-corrected chi connectivity index (χ4v) is 4.45. The van der Waals surface area contributed by atoms with Gasteiger partial charge in [-0.15, -0.1) is 0 Å². The summed E-state index contributed by atoms with van der Waals surface area (Å²) in [5.41, 5.74) is 3.90. The number of fused-ring (bicyclic) bond motifs is 3. The van der Waals surface area contributed by atoms with E-state index >= 15 is 0 Å². The van der Waals surface area contributed by atoms with Crippen LogP contribution in [0.1, 0.15) is 30.0 Å². The van der Waals surface area contributed by atoms with Crippen molar-refractivity contribution in [1.82, 2.24) is 10.2 Å². The lowest BCUT2D eigenvalue weighted by Crippen LogP contribution is -2.52. The quantitative estimate of drug-likeness (QED) is 0.736. The molecule has 8 heteroatoms. The van der Waals surface area contributed by atoms with Crippen molar-refractivity contribution in [1.29, 1.82) is 0 Å². The van der Waals surface area contributed by atoms with E-state index in [2.05, 4.69) is 11.4 Å². The van der Waals surface area contributed by atoms with Gasteiger partial charge in [0.25, 0.3) is 0 Å². The second-order valence-electron chi connectivity index (χ2n) is 7.70. The van der Waals surface area contributed by atoms with Crippen LogP contribution >= 0.6 is 0 Å². The van der Waals surface area contributed by atoms with Crippen LogP contribution in [0.5, 0.6) is 11.5 Å². The molecule has 2 aromatic carbocycles. The number of hydrogen-bond acceptors (Lipinski definition) is 5. The number of nitrogens with zero attached hydrogens (tertiary/aromatic N) is 1. The first-order valence-corrected chi connectivity index (χ1v) is 10.1. The number of ether oxygens (including phenoxy) is 2. The predicted molar refractivity (Wildman–Crippen MR) is 112 cm³/mol. The van der Waals surface area contributed by atoms with E-state index in [1.165, 1.54) is 0 Å². The summed E-state index contributed by atoms with van der Waals surface area (Å²) < 4.78 is 10.8. The number of nitrogens with one attached hydrogen (secondary N) is 1. The van der Waals surface area contributed by atoms with Gasteiger partial charge >= 0.3 is 5.97 Å². The van der Waals surface area contributed by atoms with E-state index in [1.54, 1.807) is 25.2 Å². The fraction of sp³-hybridized carbons (Fsp3) is 0.348. The Balaban J connectivity index is 1.70. The summed E-state index contributed by atoms with van der Waals surface area (Å²) in [5, 5.41) is 11.3. The van der Waals surface area contributed by atoms with E-state index in [0.29, 0.717) is 30.8 Å². The van der Waals surface area contributed by atoms with Gasteiger partial charge in [-0.3, -0.25) is 14.4 Å². The normalized spacial score (nSPS) is 19.4. The molecule has 2 aromatic rings. The van der Waals surface area contributed by atoms with E-state index in [4.69, 9.17) is 14.6 Å². The van der Waals surface area contributed by atoms with Crippen LogP contribution in [0.25, 0.3) is 11.1 Å². The number of carboxylic acids is 1. The Bertz CT molecular complexity index is 1030. The molecule has 4 rings (SSSR count). The lowest BCUT2D eigenvalue weighted by molar-refractivity contribution is -0.142. The van der Waals surface area contributed by atoms with Crippen molar-refractivity contribution in [2.24, 2.45) is 0 Å². The highest BCUT2D eigenvalue weighted by molar-refractivity contribution is 5.91. The number of methoxy groups -OCH3 is 2. The summed E-state index contributed by atoms with van der Waals surface area (Å²) >= 11 is 0. The summed E-state index contributed by atoms with van der Waals surface area (Å²) in [4.78, 5) is 37.7. The van der Waals surface area contributed by atoms with Crippen molar-refractivity contribution in [3.63, 3.8) is 0 Å². The van der Waals surface area contributed by atoms with Crippen molar-refractivity contribution in [3.8, 4) is 22.6 Å². The average Bonchev–Trinajstić information content (AvgIpc) is 3.18. The van der Waals surface area contributed by atoms with Gasteiger partial charge in [0.2, 0.25) is 11.8 Å². The van der Waals surface area contributed by atoms with Crippen LogP contribution < -0.4 is 14.8 Å². The molecule has 0 bridgehead atoms. The SMILES string of the molecule is COc1cc(OC)cc(-c2ccc3c(c2)[C@H]2CCC(=O)N2[C@H](C(=O)NCC(=O)O)C3)c1. The third kappa shape index (κ3) is 3.93. The van der Waals surface area contributed by atoms with Gasteiger partial charge < -0.3 is 24.8 Å². The molecule has 0 unspecified atom stereocenters. The van der Waals surface area contributed by atoms with Crippen LogP contribution in [0.2, 0.25) is 0 Å². The van der Waals surface area contributed by atoms with Crippen LogP contribution in [0.15, 0.2) is 36.4 Å². The number of aliphatic carboxylic acids is 1. The number of hydrogen-bond donors (Lipinski definition) is 2. The number of benzene rings is 2. The van der Waals surface area contributed by atoms with E-state index in [0.717, 1.165) is 22.3 Å². The van der Waals surface area contributed by atoms with Crippen molar-refractivity contribution >= 4 is 17.8 Å². The number of carboxylic acid groups (broad SMARTS) is 1. The Labute approximate surface area is 179 Å². The molecule has 8 nitrogen and oxygen atoms in total. The minimum Gasteiger partial charge on any atom is -0.497 e. The highest BCUT2D eigenvalue weighted by atomic mass is 16.5. The van der Waals surface area contributed by atoms with Gasteiger partial charge in [0.1, 0.15) is 24.1 Å². The zero-order valence-electron chi connectivity index (χ0n) is 17.4. The summed E-state index contributed by atoms with van der Waals surface area (Å²) in [6, 6.07) is 10.8. The molecule has 1 saturated heterocycles. The molecular weight excluding hydrogens is 400 g/mol. The molecule has 2 atom stereocenters. The zero-order valence-corrected chi connectivity index (χ0v) is 17.4. The smallest absolute Gasteiger partial charge is 0.322 e. The Morgan fingerprint density at radius 2 is 1.81 bits per heavy atom. The second kappa shape index (κ2) is 8.29. The number of rotatable bonds is 6. The third-order valence-electron chi connectivity index (χ3n) is 5.91. The van der Waals surface area contributed by atoms with Crippen molar-refractivity contribution < 1.29 is 29.0 Å². The first kappa shape index (κ1) is 20.7. The van der Waals surface area contributed by atoms with Crippen molar-refractivity contribution in [2.45, 2.75) is 31.3 Å². The maximum atomic E-state index is 12.6. The molecule has 0 radical (unpaired) electrons. The second-order valence-corrected chi connectivity index (χ2v) is 7.70.